The lowest BCUT2D eigenvalue weighted by Gasteiger charge is -2.36. The van der Waals surface area contributed by atoms with E-state index in [1.807, 2.05) is 0 Å². The molecule has 0 unspecified atom stereocenters. The first-order valence-electron chi connectivity index (χ1n) is 8.59. The third-order valence-electron chi connectivity index (χ3n) is 4.76. The molecule has 0 saturated carbocycles. The van der Waals surface area contributed by atoms with Crippen molar-refractivity contribution in [1.29, 1.82) is 0 Å². The standard InChI is InChI=1S/C20H19F3N2O2/c1-12-10-18(17(22)11-15(12)13(2)26)24-6-8-25(9-7-24)20(27)14-4-3-5-16(21)19(14)23/h3-5,10-11H,6-9H2,1-2H3. The maximum Gasteiger partial charge on any atom is 0.257 e. The van der Waals surface area contributed by atoms with Crippen molar-refractivity contribution < 1.29 is 22.8 Å². The highest BCUT2D eigenvalue weighted by Gasteiger charge is 2.26. The van der Waals surface area contributed by atoms with E-state index < -0.39 is 23.4 Å². The topological polar surface area (TPSA) is 40.6 Å². The molecule has 1 aliphatic heterocycles. The number of aryl methyl sites for hydroxylation is 1. The number of anilines is 1. The number of halogens is 3. The monoisotopic (exact) mass is 376 g/mol. The normalized spacial score (nSPS) is 14.4. The summed E-state index contributed by atoms with van der Waals surface area (Å²) in [6.07, 6.45) is 0. The van der Waals surface area contributed by atoms with Crippen LogP contribution in [0, 0.1) is 24.4 Å². The summed E-state index contributed by atoms with van der Waals surface area (Å²) in [5.74, 6) is -3.52. The lowest BCUT2D eigenvalue weighted by molar-refractivity contribution is 0.0740. The van der Waals surface area contributed by atoms with E-state index in [9.17, 15) is 22.8 Å². The van der Waals surface area contributed by atoms with Gasteiger partial charge in [-0.3, -0.25) is 9.59 Å². The Morgan fingerprint density at radius 3 is 2.22 bits per heavy atom. The van der Waals surface area contributed by atoms with Crippen LogP contribution in [0.1, 0.15) is 33.2 Å². The number of benzene rings is 2. The molecule has 3 rings (SSSR count). The molecule has 0 N–H and O–H groups in total. The molecule has 0 radical (unpaired) electrons. The van der Waals surface area contributed by atoms with Crippen molar-refractivity contribution in [2.24, 2.45) is 0 Å². The van der Waals surface area contributed by atoms with Crippen LogP contribution in [0.4, 0.5) is 18.9 Å². The molecule has 0 atom stereocenters. The van der Waals surface area contributed by atoms with Crippen LogP contribution in [0.15, 0.2) is 30.3 Å². The number of ketones is 1. The van der Waals surface area contributed by atoms with E-state index in [1.54, 1.807) is 17.9 Å². The first-order valence-corrected chi connectivity index (χ1v) is 8.59. The molecule has 7 heteroatoms. The molecule has 1 aliphatic rings. The van der Waals surface area contributed by atoms with Gasteiger partial charge in [0.05, 0.1) is 11.3 Å². The summed E-state index contributed by atoms with van der Waals surface area (Å²) in [7, 11) is 0. The van der Waals surface area contributed by atoms with E-state index in [1.165, 1.54) is 30.0 Å². The van der Waals surface area contributed by atoms with Gasteiger partial charge in [-0.25, -0.2) is 13.2 Å². The van der Waals surface area contributed by atoms with Crippen LogP contribution >= 0.6 is 0 Å². The quantitative estimate of drug-likeness (QED) is 0.769. The van der Waals surface area contributed by atoms with Crippen molar-refractivity contribution in [3.63, 3.8) is 0 Å². The van der Waals surface area contributed by atoms with Crippen molar-refractivity contribution >= 4 is 17.4 Å². The molecule has 1 amide bonds. The smallest absolute Gasteiger partial charge is 0.257 e. The molecule has 0 bridgehead atoms. The van der Waals surface area contributed by atoms with Crippen LogP contribution in [0.3, 0.4) is 0 Å². The molecule has 142 valence electrons. The molecule has 0 aromatic heterocycles. The second kappa shape index (κ2) is 7.42. The molecular formula is C20H19F3N2O2. The Balaban J connectivity index is 1.74. The molecule has 2 aromatic carbocycles. The van der Waals surface area contributed by atoms with Gasteiger partial charge in [-0.2, -0.15) is 0 Å². The van der Waals surface area contributed by atoms with Crippen LogP contribution in [0.25, 0.3) is 0 Å². The Bertz CT molecular complexity index is 906. The third-order valence-corrected chi connectivity index (χ3v) is 4.76. The number of hydrogen-bond acceptors (Lipinski definition) is 3. The van der Waals surface area contributed by atoms with E-state index in [0.717, 1.165) is 6.07 Å². The predicted octanol–water partition coefficient (Wildman–Crippen LogP) is 3.58. The highest BCUT2D eigenvalue weighted by Crippen LogP contribution is 2.26. The fourth-order valence-electron chi connectivity index (χ4n) is 3.28. The highest BCUT2D eigenvalue weighted by molar-refractivity contribution is 5.96. The van der Waals surface area contributed by atoms with Crippen molar-refractivity contribution in [3.05, 3.63) is 64.5 Å². The summed E-state index contributed by atoms with van der Waals surface area (Å²) in [5, 5.41) is 0. The lowest BCUT2D eigenvalue weighted by atomic mass is 10.0. The summed E-state index contributed by atoms with van der Waals surface area (Å²) in [5.41, 5.74) is 1.07. The van der Waals surface area contributed by atoms with Crippen LogP contribution in [0.5, 0.6) is 0 Å². The number of Topliss-reactive ketones (excluding diaryl/α,β-unsaturated/α-hetero) is 1. The van der Waals surface area contributed by atoms with E-state index in [0.29, 0.717) is 29.9 Å². The molecule has 27 heavy (non-hydrogen) atoms. The van der Waals surface area contributed by atoms with Gasteiger partial charge in [0.1, 0.15) is 5.82 Å². The van der Waals surface area contributed by atoms with Crippen molar-refractivity contribution in [3.8, 4) is 0 Å². The highest BCUT2D eigenvalue weighted by atomic mass is 19.2. The zero-order chi connectivity index (χ0) is 19.7. The summed E-state index contributed by atoms with van der Waals surface area (Å²) < 4.78 is 41.6. The van der Waals surface area contributed by atoms with Crippen LogP contribution < -0.4 is 4.90 Å². The molecule has 1 saturated heterocycles. The van der Waals surface area contributed by atoms with Gasteiger partial charge < -0.3 is 9.80 Å². The summed E-state index contributed by atoms with van der Waals surface area (Å²) in [4.78, 5) is 27.2. The Kier molecular flexibility index (Phi) is 5.21. The SMILES string of the molecule is CC(=O)c1cc(F)c(N2CCN(C(=O)c3cccc(F)c3F)CC2)cc1C. The second-order valence-corrected chi connectivity index (χ2v) is 6.56. The maximum absolute atomic E-state index is 14.4. The number of carbonyl (C=O) groups is 2. The Labute approximate surface area is 155 Å². The Hall–Kier alpha value is -2.83. The van der Waals surface area contributed by atoms with Gasteiger partial charge in [0, 0.05) is 31.7 Å². The van der Waals surface area contributed by atoms with Gasteiger partial charge in [0.15, 0.2) is 17.4 Å². The molecular weight excluding hydrogens is 357 g/mol. The average Bonchev–Trinajstić information content (AvgIpc) is 2.65. The predicted molar refractivity (Wildman–Crippen MR) is 95.6 cm³/mol. The van der Waals surface area contributed by atoms with E-state index >= 15 is 0 Å². The first-order chi connectivity index (χ1) is 12.8. The van der Waals surface area contributed by atoms with E-state index in [-0.39, 0.29) is 24.4 Å². The lowest BCUT2D eigenvalue weighted by Crippen LogP contribution is -2.49. The van der Waals surface area contributed by atoms with Crippen LogP contribution in [0.2, 0.25) is 0 Å². The summed E-state index contributed by atoms with van der Waals surface area (Å²) >= 11 is 0. The van der Waals surface area contributed by atoms with Gasteiger partial charge in [-0.15, -0.1) is 0 Å². The third kappa shape index (κ3) is 3.67. The fraction of sp³-hybridized carbons (Fsp3) is 0.300. The van der Waals surface area contributed by atoms with Gasteiger partial charge in [-0.05, 0) is 43.7 Å². The Morgan fingerprint density at radius 1 is 0.926 bits per heavy atom. The minimum atomic E-state index is -1.16. The molecule has 2 aromatic rings. The number of rotatable bonds is 3. The molecule has 0 aliphatic carbocycles. The van der Waals surface area contributed by atoms with Crippen LogP contribution in [-0.2, 0) is 0 Å². The number of amides is 1. The van der Waals surface area contributed by atoms with Gasteiger partial charge >= 0.3 is 0 Å². The van der Waals surface area contributed by atoms with E-state index in [2.05, 4.69) is 0 Å². The van der Waals surface area contributed by atoms with Crippen molar-refractivity contribution in [2.45, 2.75) is 13.8 Å². The number of hydrogen-bond donors (Lipinski definition) is 0. The van der Waals surface area contributed by atoms with Gasteiger partial charge in [0.2, 0.25) is 0 Å². The number of nitrogens with zero attached hydrogens (tertiary/aromatic N) is 2. The van der Waals surface area contributed by atoms with Crippen molar-refractivity contribution in [1.82, 2.24) is 4.90 Å². The fourth-order valence-corrected chi connectivity index (χ4v) is 3.28. The minimum Gasteiger partial charge on any atom is -0.366 e. The Morgan fingerprint density at radius 2 is 1.59 bits per heavy atom. The van der Waals surface area contributed by atoms with Crippen LogP contribution in [-0.4, -0.2) is 42.8 Å². The largest absolute Gasteiger partial charge is 0.366 e. The minimum absolute atomic E-state index is 0.203. The number of carbonyl (C=O) groups excluding carboxylic acids is 2. The summed E-state index contributed by atoms with van der Waals surface area (Å²) in [6.45, 7) is 4.32. The molecule has 0 spiro atoms. The average molecular weight is 376 g/mol. The summed E-state index contributed by atoms with van der Waals surface area (Å²) in [6, 6.07) is 6.34. The van der Waals surface area contributed by atoms with Gasteiger partial charge in [-0.1, -0.05) is 6.07 Å². The zero-order valence-electron chi connectivity index (χ0n) is 15.1. The molecule has 1 fully saturated rings. The maximum atomic E-state index is 14.4. The van der Waals surface area contributed by atoms with E-state index in [4.69, 9.17) is 0 Å². The van der Waals surface area contributed by atoms with Gasteiger partial charge in [0.25, 0.3) is 5.91 Å². The first kappa shape index (κ1) is 18.9. The zero-order valence-corrected chi connectivity index (χ0v) is 15.1. The second-order valence-electron chi connectivity index (χ2n) is 6.56. The molecule has 1 heterocycles. The number of piperazine rings is 1. The molecule has 4 nitrogen and oxygen atoms in total. The van der Waals surface area contributed by atoms with Crippen molar-refractivity contribution in [2.75, 3.05) is 31.1 Å².